The maximum Gasteiger partial charge on any atom is 0.0286 e. The third-order valence-corrected chi connectivity index (χ3v) is 2.87. The largest absolute Gasteiger partial charge is 0.0937 e. The predicted octanol–water partition coefficient (Wildman–Crippen LogP) is 3.62. The van der Waals surface area contributed by atoms with Gasteiger partial charge in [-0.3, -0.25) is 0 Å². The highest BCUT2D eigenvalue weighted by Gasteiger charge is 2.16. The Labute approximate surface area is 74.8 Å². The molecule has 3 atom stereocenters. The van der Waals surface area contributed by atoms with Crippen LogP contribution in [0.5, 0.6) is 0 Å². The van der Waals surface area contributed by atoms with E-state index >= 15 is 0 Å². The Morgan fingerprint density at radius 1 is 1.25 bits per heavy atom. The molecule has 0 bridgehead atoms. The van der Waals surface area contributed by atoms with Crippen molar-refractivity contribution in [1.82, 2.24) is 0 Å². The third kappa shape index (κ3) is 3.63. The molecule has 0 spiro atoms. The number of hydrogen-bond donors (Lipinski definition) is 0. The van der Waals surface area contributed by atoms with Gasteiger partial charge in [-0.2, -0.15) is 0 Å². The maximum absolute atomic E-state index is 8.15. The first-order valence-corrected chi connectivity index (χ1v) is 4.64. The van der Waals surface area contributed by atoms with Crippen molar-refractivity contribution in [2.24, 2.45) is 22.9 Å². The summed E-state index contributed by atoms with van der Waals surface area (Å²) in [6.07, 6.45) is 1.20. The van der Waals surface area contributed by atoms with Crippen LogP contribution >= 0.6 is 0 Å². The van der Waals surface area contributed by atoms with Crippen LogP contribution in [0.25, 0.3) is 10.4 Å². The van der Waals surface area contributed by atoms with Gasteiger partial charge in [-0.15, -0.1) is 0 Å². The number of nitrogens with zero attached hydrogens (tertiary/aromatic N) is 3. The van der Waals surface area contributed by atoms with E-state index < -0.39 is 0 Å². The Bertz CT molecular complexity index is 161. The van der Waals surface area contributed by atoms with E-state index in [1.807, 2.05) is 0 Å². The van der Waals surface area contributed by atoms with Crippen molar-refractivity contribution in [3.63, 3.8) is 0 Å². The minimum atomic E-state index is 0.496. The maximum atomic E-state index is 8.15. The summed E-state index contributed by atoms with van der Waals surface area (Å²) in [6.45, 7) is 9.44. The van der Waals surface area contributed by atoms with Crippen LogP contribution in [0.4, 0.5) is 0 Å². The smallest absolute Gasteiger partial charge is 0.0286 e. The molecule has 3 nitrogen and oxygen atoms in total. The van der Waals surface area contributed by atoms with Gasteiger partial charge in [-0.25, -0.2) is 0 Å². The fourth-order valence-electron chi connectivity index (χ4n) is 1.26. The highest BCUT2D eigenvalue weighted by molar-refractivity contribution is 4.69. The van der Waals surface area contributed by atoms with Gasteiger partial charge >= 0.3 is 0 Å². The van der Waals surface area contributed by atoms with Gasteiger partial charge in [0.25, 0.3) is 0 Å². The van der Waals surface area contributed by atoms with Crippen molar-refractivity contribution < 1.29 is 0 Å². The second kappa shape index (κ2) is 5.90. The van der Waals surface area contributed by atoms with Gasteiger partial charge in [0, 0.05) is 11.5 Å². The van der Waals surface area contributed by atoms with Crippen molar-refractivity contribution in [3.05, 3.63) is 10.4 Å². The first kappa shape index (κ1) is 11.3. The van der Waals surface area contributed by atoms with Crippen molar-refractivity contribution in [2.45, 2.75) is 34.1 Å². The molecule has 0 aromatic carbocycles. The second-order valence-corrected chi connectivity index (χ2v) is 3.64. The molecule has 0 aliphatic heterocycles. The minimum Gasteiger partial charge on any atom is -0.0937 e. The SMILES string of the molecule is CC[C@H](C)[C@H](C)C(C)CN=[N+]=[N-]. The van der Waals surface area contributed by atoms with Crippen molar-refractivity contribution in [1.29, 1.82) is 0 Å². The normalized spacial score (nSPS) is 17.7. The van der Waals surface area contributed by atoms with Crippen molar-refractivity contribution in [3.8, 4) is 0 Å². The van der Waals surface area contributed by atoms with Crippen LogP contribution < -0.4 is 0 Å². The fourth-order valence-corrected chi connectivity index (χ4v) is 1.26. The molecule has 0 saturated heterocycles. The van der Waals surface area contributed by atoms with E-state index in [1.165, 1.54) is 6.42 Å². The van der Waals surface area contributed by atoms with Gasteiger partial charge in [0.2, 0.25) is 0 Å². The molecule has 3 heteroatoms. The monoisotopic (exact) mass is 169 g/mol. The quantitative estimate of drug-likeness (QED) is 0.343. The van der Waals surface area contributed by atoms with E-state index in [2.05, 4.69) is 37.7 Å². The van der Waals surface area contributed by atoms with E-state index in [0.29, 0.717) is 24.3 Å². The van der Waals surface area contributed by atoms with Crippen molar-refractivity contribution >= 4 is 0 Å². The molecule has 0 heterocycles. The topological polar surface area (TPSA) is 48.8 Å². The molecule has 0 aliphatic carbocycles. The summed E-state index contributed by atoms with van der Waals surface area (Å²) in [5.41, 5.74) is 8.15. The first-order valence-electron chi connectivity index (χ1n) is 4.64. The Hall–Kier alpha value is -0.690. The molecule has 0 aliphatic rings. The zero-order valence-corrected chi connectivity index (χ0v) is 8.49. The lowest BCUT2D eigenvalue weighted by Crippen LogP contribution is -2.18. The minimum absolute atomic E-state index is 0.496. The summed E-state index contributed by atoms with van der Waals surface area (Å²) in [6, 6.07) is 0. The lowest BCUT2D eigenvalue weighted by molar-refractivity contribution is 0.278. The van der Waals surface area contributed by atoms with E-state index in [9.17, 15) is 0 Å². The van der Waals surface area contributed by atoms with Gasteiger partial charge in [0.15, 0.2) is 0 Å². The average Bonchev–Trinajstić information content (AvgIpc) is 2.11. The molecular formula is C9H19N3. The standard InChI is InChI=1S/C9H19N3/c1-5-7(2)9(4)8(3)6-11-12-10/h7-9H,5-6H2,1-4H3/t7-,8?,9-/m0/s1. The molecule has 1 unspecified atom stereocenters. The van der Waals surface area contributed by atoms with E-state index in [-0.39, 0.29) is 0 Å². The average molecular weight is 169 g/mol. The Balaban J connectivity index is 3.90. The number of rotatable bonds is 5. The van der Waals surface area contributed by atoms with Crippen LogP contribution in [-0.4, -0.2) is 6.54 Å². The summed E-state index contributed by atoms with van der Waals surface area (Å²) in [7, 11) is 0. The lowest BCUT2D eigenvalue weighted by atomic mass is 9.84. The van der Waals surface area contributed by atoms with Crippen LogP contribution in [0.15, 0.2) is 5.11 Å². The van der Waals surface area contributed by atoms with E-state index in [0.717, 1.165) is 0 Å². The summed E-state index contributed by atoms with van der Waals surface area (Å²) in [4.78, 5) is 2.77. The van der Waals surface area contributed by atoms with E-state index in [4.69, 9.17) is 5.53 Å². The lowest BCUT2D eigenvalue weighted by Gasteiger charge is -2.23. The number of azide groups is 1. The highest BCUT2D eigenvalue weighted by Crippen LogP contribution is 2.22. The Morgan fingerprint density at radius 3 is 2.25 bits per heavy atom. The summed E-state index contributed by atoms with van der Waals surface area (Å²) in [5, 5.41) is 3.59. The first-order chi connectivity index (χ1) is 5.63. The Kier molecular flexibility index (Phi) is 5.56. The van der Waals surface area contributed by atoms with Crippen LogP contribution in [0.2, 0.25) is 0 Å². The summed E-state index contributed by atoms with van der Waals surface area (Å²) < 4.78 is 0. The van der Waals surface area contributed by atoms with Crippen LogP contribution in [0.1, 0.15) is 34.1 Å². The molecule has 0 N–H and O–H groups in total. The van der Waals surface area contributed by atoms with Gasteiger partial charge < -0.3 is 0 Å². The molecular weight excluding hydrogens is 150 g/mol. The summed E-state index contributed by atoms with van der Waals surface area (Å²) in [5.74, 6) is 1.85. The molecule has 0 radical (unpaired) electrons. The van der Waals surface area contributed by atoms with E-state index in [1.54, 1.807) is 0 Å². The van der Waals surface area contributed by atoms with Gasteiger partial charge in [-0.05, 0) is 23.3 Å². The molecule has 0 amide bonds. The van der Waals surface area contributed by atoms with Crippen molar-refractivity contribution in [2.75, 3.05) is 6.54 Å². The summed E-state index contributed by atoms with van der Waals surface area (Å²) >= 11 is 0. The fraction of sp³-hybridized carbons (Fsp3) is 1.00. The number of hydrogen-bond acceptors (Lipinski definition) is 1. The van der Waals surface area contributed by atoms with Crippen LogP contribution in [0, 0.1) is 17.8 Å². The third-order valence-electron chi connectivity index (χ3n) is 2.87. The van der Waals surface area contributed by atoms with Gasteiger partial charge in [-0.1, -0.05) is 39.2 Å². The zero-order valence-electron chi connectivity index (χ0n) is 8.49. The van der Waals surface area contributed by atoms with Gasteiger partial charge in [0.05, 0.1) is 0 Å². The molecule has 0 aromatic heterocycles. The zero-order chi connectivity index (χ0) is 9.56. The van der Waals surface area contributed by atoms with Gasteiger partial charge in [0.1, 0.15) is 0 Å². The molecule has 0 saturated carbocycles. The molecule has 0 fully saturated rings. The molecule has 0 aromatic rings. The van der Waals surface area contributed by atoms with Crippen LogP contribution in [-0.2, 0) is 0 Å². The predicted molar refractivity (Wildman–Crippen MR) is 51.8 cm³/mol. The molecule has 12 heavy (non-hydrogen) atoms. The second-order valence-electron chi connectivity index (χ2n) is 3.64. The molecule has 0 rings (SSSR count). The highest BCUT2D eigenvalue weighted by atomic mass is 15.1. The Morgan fingerprint density at radius 2 is 1.83 bits per heavy atom. The molecule has 70 valence electrons. The van der Waals surface area contributed by atoms with Crippen LogP contribution in [0.3, 0.4) is 0 Å².